The zero-order chi connectivity index (χ0) is 98.1. The molecular formula is C132H90N12O2S. The summed E-state index contributed by atoms with van der Waals surface area (Å²) in [4.78, 5) is 47.3. The Balaban J connectivity index is 0.000000107. The van der Waals surface area contributed by atoms with E-state index in [1.54, 1.807) is 0 Å². The Labute approximate surface area is 850 Å². The van der Waals surface area contributed by atoms with E-state index in [9.17, 15) is 0 Å². The molecule has 3 aliphatic rings. The Morgan fingerprint density at radius 1 is 0.197 bits per heavy atom. The normalized spacial score (nSPS) is 13.3. The summed E-state index contributed by atoms with van der Waals surface area (Å²) < 4.78 is 20.7. The molecule has 9 heterocycles. The predicted molar refractivity (Wildman–Crippen MR) is 599 cm³/mol. The SMILES string of the molecule is CC1(C)c2ccccc2-c2cc3c4cc(-c5cc6ccccc6o5)ccc4n(-c4nc(-c5ccccc5)nc(-c5ccccc5)n4)c3cc21.CC1(C)c2ccccc2-c2cc3c4cc(-c5cc6ccccc6o5)ccc4n(-c4nc(-c5ccccc5)nc(-c5ccccc5)n4)c3cc21.CC1(C)c2ccccc2-c2cc3c4cc(-c5cc6ccccc6s5)ccc4n(-c4nc(-c5ccccc5)nc(-c5ccccc5)n4)c3cc21. The topological polar surface area (TPSA) is 157 Å². The fraction of sp³-hybridized carbons (Fsp3) is 0.0682. The minimum atomic E-state index is -0.162. The van der Waals surface area contributed by atoms with Crippen molar-refractivity contribution in [3.8, 4) is 153 Å². The highest BCUT2D eigenvalue weighted by atomic mass is 32.1. The van der Waals surface area contributed by atoms with Crippen molar-refractivity contribution in [3.05, 3.63) is 470 Å². The molecule has 0 spiro atoms. The van der Waals surface area contributed by atoms with Gasteiger partial charge in [0.05, 0.1) is 33.1 Å². The Morgan fingerprint density at radius 3 is 0.776 bits per heavy atom. The number of rotatable bonds is 12. The van der Waals surface area contributed by atoms with Gasteiger partial charge in [0, 0.05) is 113 Å². The van der Waals surface area contributed by atoms with Crippen LogP contribution in [0.3, 0.4) is 0 Å². The second kappa shape index (κ2) is 33.8. The van der Waals surface area contributed by atoms with E-state index in [-0.39, 0.29) is 16.2 Å². The number of hydrogen-bond acceptors (Lipinski definition) is 12. The molecule has 0 aliphatic heterocycles. The summed E-state index contributed by atoms with van der Waals surface area (Å²) in [5.41, 5.74) is 32.2. The van der Waals surface area contributed by atoms with Crippen LogP contribution < -0.4 is 0 Å². The van der Waals surface area contributed by atoms with E-state index in [0.717, 1.165) is 133 Å². The number of thiophene rings is 1. The van der Waals surface area contributed by atoms with Crippen molar-refractivity contribution in [2.75, 3.05) is 0 Å². The van der Waals surface area contributed by atoms with Gasteiger partial charge in [-0.1, -0.05) is 357 Å². The first-order valence-corrected chi connectivity index (χ1v) is 50.7. The third-order valence-electron chi connectivity index (χ3n) is 30.2. The van der Waals surface area contributed by atoms with Gasteiger partial charge >= 0.3 is 0 Å². The summed E-state index contributed by atoms with van der Waals surface area (Å²) in [7, 11) is 0. The maximum atomic E-state index is 6.34. The average molecular weight is 1910 g/mol. The lowest BCUT2D eigenvalue weighted by Gasteiger charge is -2.21. The number of aromatic nitrogens is 12. The van der Waals surface area contributed by atoms with E-state index < -0.39 is 0 Å². The molecule has 9 aromatic heterocycles. The van der Waals surface area contributed by atoms with Gasteiger partial charge in [0.15, 0.2) is 34.9 Å². The van der Waals surface area contributed by atoms with Gasteiger partial charge in [0.1, 0.15) is 22.7 Å². The molecule has 696 valence electrons. The number of para-hydroxylation sites is 2. The van der Waals surface area contributed by atoms with Gasteiger partial charge in [0.2, 0.25) is 17.8 Å². The zero-order valence-corrected chi connectivity index (χ0v) is 82.0. The van der Waals surface area contributed by atoms with Crippen LogP contribution in [0.5, 0.6) is 0 Å². The van der Waals surface area contributed by atoms with Gasteiger partial charge in [-0.15, -0.1) is 11.3 Å². The van der Waals surface area contributed by atoms with Crippen LogP contribution in [-0.2, 0) is 16.2 Å². The fourth-order valence-electron chi connectivity index (χ4n) is 22.8. The van der Waals surface area contributed by atoms with Crippen LogP contribution in [0.4, 0.5) is 0 Å². The van der Waals surface area contributed by atoms with Gasteiger partial charge in [-0.05, 0) is 199 Å². The van der Waals surface area contributed by atoms with Crippen LogP contribution in [0, 0.1) is 0 Å². The van der Waals surface area contributed by atoms with Crippen molar-refractivity contribution >= 4 is 109 Å². The standard InChI is InChI=1S/2C44H30N4O.C44H30N4S/c3*1-44(2)35-19-11-10-18-31(35)32-25-34-33-23-30(40-24-29-17-9-12-20-39(29)49-40)21-22-37(33)48(38(34)26-36(32)44)43-46-41(27-13-5-3-6-14-27)45-42(47-43)28-15-7-4-8-16-28/h3*3-26H,1-2H3. The molecule has 30 rings (SSSR count). The fourth-order valence-corrected chi connectivity index (χ4v) is 23.9. The van der Waals surface area contributed by atoms with Crippen LogP contribution in [0.1, 0.15) is 74.9 Å². The van der Waals surface area contributed by atoms with Crippen LogP contribution in [0.15, 0.2) is 446 Å². The van der Waals surface area contributed by atoms with E-state index in [1.807, 2.05) is 205 Å². The average Bonchev–Trinajstić information content (AvgIpc) is 1.55. The number of fused-ring (bicyclic) bond motifs is 21. The summed E-state index contributed by atoms with van der Waals surface area (Å²) >= 11 is 1.84. The highest BCUT2D eigenvalue weighted by molar-refractivity contribution is 7.22. The smallest absolute Gasteiger partial charge is 0.238 e. The molecule has 18 aromatic carbocycles. The van der Waals surface area contributed by atoms with Crippen molar-refractivity contribution in [3.63, 3.8) is 0 Å². The van der Waals surface area contributed by atoms with E-state index in [4.69, 9.17) is 53.7 Å². The maximum absolute atomic E-state index is 6.34. The molecule has 3 aliphatic carbocycles. The third-order valence-corrected chi connectivity index (χ3v) is 31.4. The van der Waals surface area contributed by atoms with Crippen LogP contribution in [-0.4, -0.2) is 58.6 Å². The largest absolute Gasteiger partial charge is 0.456 e. The van der Waals surface area contributed by atoms with E-state index in [2.05, 4.69) is 298 Å². The maximum Gasteiger partial charge on any atom is 0.238 e. The zero-order valence-electron chi connectivity index (χ0n) is 81.2. The summed E-state index contributed by atoms with van der Waals surface area (Å²) in [5, 5.41) is 10.3. The molecule has 0 radical (unpaired) electrons. The van der Waals surface area contributed by atoms with Crippen LogP contribution in [0.25, 0.3) is 250 Å². The third kappa shape index (κ3) is 14.3. The second-order valence-corrected chi connectivity index (χ2v) is 41.0. The Bertz CT molecular complexity index is 8860. The first kappa shape index (κ1) is 86.3. The molecule has 0 N–H and O–H groups in total. The van der Waals surface area contributed by atoms with E-state index in [1.165, 1.54) is 98.1 Å². The molecule has 0 atom stereocenters. The predicted octanol–water partition coefficient (Wildman–Crippen LogP) is 33.5. The van der Waals surface area contributed by atoms with Crippen molar-refractivity contribution in [2.24, 2.45) is 0 Å². The second-order valence-electron chi connectivity index (χ2n) is 39.9. The quantitative estimate of drug-likeness (QED) is 0.115. The molecular weight excluding hydrogens is 1820 g/mol. The Hall–Kier alpha value is -18.6. The summed E-state index contributed by atoms with van der Waals surface area (Å²) in [6.45, 7) is 13.9. The highest BCUT2D eigenvalue weighted by Crippen LogP contribution is 2.56. The van der Waals surface area contributed by atoms with E-state index in [0.29, 0.717) is 52.8 Å². The van der Waals surface area contributed by atoms with Crippen molar-refractivity contribution in [1.29, 1.82) is 0 Å². The van der Waals surface area contributed by atoms with E-state index >= 15 is 0 Å². The molecule has 0 unspecified atom stereocenters. The lowest BCUT2D eigenvalue weighted by molar-refractivity contribution is 0.631. The monoisotopic (exact) mass is 1910 g/mol. The Kier molecular flexibility index (Phi) is 19.9. The number of hydrogen-bond donors (Lipinski definition) is 0. The molecule has 0 fully saturated rings. The van der Waals surface area contributed by atoms with Crippen molar-refractivity contribution in [2.45, 2.75) is 57.8 Å². The number of furan rings is 2. The molecule has 0 bridgehead atoms. The molecule has 0 amide bonds. The van der Waals surface area contributed by atoms with Crippen molar-refractivity contribution < 1.29 is 8.83 Å². The first-order chi connectivity index (χ1) is 72.1. The van der Waals surface area contributed by atoms with Gasteiger partial charge in [-0.25, -0.2) is 15.0 Å². The lowest BCUT2D eigenvalue weighted by atomic mass is 9.82. The minimum Gasteiger partial charge on any atom is -0.456 e. The number of nitrogens with zero attached hydrogens (tertiary/aromatic N) is 12. The van der Waals surface area contributed by atoms with Crippen LogP contribution in [0.2, 0.25) is 0 Å². The molecule has 147 heavy (non-hydrogen) atoms. The summed E-state index contributed by atoms with van der Waals surface area (Å²) in [6.07, 6.45) is 0. The van der Waals surface area contributed by atoms with Gasteiger partial charge in [-0.2, -0.15) is 29.9 Å². The molecule has 0 saturated heterocycles. The van der Waals surface area contributed by atoms with Gasteiger partial charge < -0.3 is 8.83 Å². The van der Waals surface area contributed by atoms with Gasteiger partial charge in [-0.3, -0.25) is 13.7 Å². The first-order valence-electron chi connectivity index (χ1n) is 49.9. The van der Waals surface area contributed by atoms with Gasteiger partial charge in [0.25, 0.3) is 0 Å². The summed E-state index contributed by atoms with van der Waals surface area (Å²) in [5.74, 6) is 7.28. The van der Waals surface area contributed by atoms with Crippen LogP contribution >= 0.6 is 11.3 Å². The highest BCUT2D eigenvalue weighted by Gasteiger charge is 2.41. The molecule has 0 saturated carbocycles. The minimum absolute atomic E-state index is 0.146. The summed E-state index contributed by atoms with van der Waals surface area (Å²) in [6, 6.07) is 153. The molecule has 14 nitrogen and oxygen atoms in total. The number of benzene rings is 18. The van der Waals surface area contributed by atoms with Crippen molar-refractivity contribution in [1.82, 2.24) is 58.6 Å². The lowest BCUT2D eigenvalue weighted by Crippen LogP contribution is -2.15. The molecule has 15 heteroatoms. The molecule has 27 aromatic rings. The Morgan fingerprint density at radius 2 is 0.463 bits per heavy atom.